The van der Waals surface area contributed by atoms with Crippen molar-refractivity contribution in [3.8, 4) is 0 Å². The second-order valence-electron chi connectivity index (χ2n) is 4.88. The van der Waals surface area contributed by atoms with Gasteiger partial charge in [0.05, 0.1) is 16.8 Å². The van der Waals surface area contributed by atoms with Crippen molar-refractivity contribution in [3.05, 3.63) is 69.7 Å². The highest BCUT2D eigenvalue weighted by Crippen LogP contribution is 2.21. The Labute approximate surface area is 138 Å². The molecule has 1 aromatic heterocycles. The Morgan fingerprint density at radius 1 is 1.09 bits per heavy atom. The zero-order valence-corrected chi connectivity index (χ0v) is 13.4. The number of benzene rings is 2. The average molecular weight is 330 g/mol. The predicted molar refractivity (Wildman–Crippen MR) is 94.2 cm³/mol. The fraction of sp³-hybridized carbons (Fsp3) is 0.0588. The number of pyridine rings is 1. The number of hydrogen-bond acceptors (Lipinski definition) is 3. The highest BCUT2D eigenvalue weighted by molar-refractivity contribution is 6.36. The lowest BCUT2D eigenvalue weighted by Gasteiger charge is -2.05. The number of para-hydroxylation sites is 1. The second kappa shape index (κ2) is 6.34. The molecule has 1 N–H and O–H groups in total. The van der Waals surface area contributed by atoms with Gasteiger partial charge < -0.3 is 0 Å². The van der Waals surface area contributed by atoms with E-state index in [1.54, 1.807) is 18.3 Å². The summed E-state index contributed by atoms with van der Waals surface area (Å²) in [6.07, 6.45) is 1.64. The maximum atomic E-state index is 6.10. The summed E-state index contributed by atoms with van der Waals surface area (Å²) in [6.45, 7) is 2.05. The van der Waals surface area contributed by atoms with E-state index in [-0.39, 0.29) is 0 Å². The molecule has 0 radical (unpaired) electrons. The summed E-state index contributed by atoms with van der Waals surface area (Å²) in [6, 6.07) is 15.2. The highest BCUT2D eigenvalue weighted by atomic mass is 35.5. The first kappa shape index (κ1) is 14.8. The van der Waals surface area contributed by atoms with E-state index in [0.717, 1.165) is 22.0 Å². The first-order chi connectivity index (χ1) is 10.6. The molecule has 0 fully saturated rings. The van der Waals surface area contributed by atoms with E-state index >= 15 is 0 Å². The van der Waals surface area contributed by atoms with Crippen molar-refractivity contribution in [1.29, 1.82) is 0 Å². The third-order valence-corrected chi connectivity index (χ3v) is 3.83. The highest BCUT2D eigenvalue weighted by Gasteiger charge is 2.01. The van der Waals surface area contributed by atoms with Gasteiger partial charge in [-0.2, -0.15) is 5.10 Å². The number of nitrogens with one attached hydrogen (secondary N) is 1. The Morgan fingerprint density at radius 3 is 2.73 bits per heavy atom. The minimum absolute atomic E-state index is 0.556. The van der Waals surface area contributed by atoms with Crippen molar-refractivity contribution in [2.24, 2.45) is 5.10 Å². The van der Waals surface area contributed by atoms with Crippen molar-refractivity contribution in [3.63, 3.8) is 0 Å². The molecule has 0 saturated heterocycles. The van der Waals surface area contributed by atoms with E-state index in [2.05, 4.69) is 28.5 Å². The Morgan fingerprint density at radius 2 is 1.91 bits per heavy atom. The summed E-state index contributed by atoms with van der Waals surface area (Å²) < 4.78 is 0. The third kappa shape index (κ3) is 3.21. The van der Waals surface area contributed by atoms with E-state index in [9.17, 15) is 0 Å². The van der Waals surface area contributed by atoms with Gasteiger partial charge in [0.15, 0.2) is 0 Å². The molecule has 0 saturated carbocycles. The van der Waals surface area contributed by atoms with Crippen LogP contribution in [0.3, 0.4) is 0 Å². The van der Waals surface area contributed by atoms with Crippen molar-refractivity contribution < 1.29 is 0 Å². The van der Waals surface area contributed by atoms with Crippen LogP contribution >= 0.6 is 23.2 Å². The molecule has 0 bridgehead atoms. The summed E-state index contributed by atoms with van der Waals surface area (Å²) in [5.74, 6) is 0.692. The van der Waals surface area contributed by atoms with Crippen LogP contribution in [0.15, 0.2) is 53.6 Å². The van der Waals surface area contributed by atoms with Crippen LogP contribution < -0.4 is 5.43 Å². The number of rotatable bonds is 3. The van der Waals surface area contributed by atoms with E-state index in [1.807, 2.05) is 30.3 Å². The fourth-order valence-electron chi connectivity index (χ4n) is 2.18. The van der Waals surface area contributed by atoms with Gasteiger partial charge in [-0.15, -0.1) is 0 Å². The Hall–Kier alpha value is -2.10. The average Bonchev–Trinajstić information content (AvgIpc) is 2.50. The number of halogens is 2. The lowest BCUT2D eigenvalue weighted by molar-refractivity contribution is 1.25. The number of hydrazone groups is 1. The van der Waals surface area contributed by atoms with Gasteiger partial charge in [-0.25, -0.2) is 4.98 Å². The van der Waals surface area contributed by atoms with Crippen LogP contribution in [-0.4, -0.2) is 11.2 Å². The lowest BCUT2D eigenvalue weighted by Crippen LogP contribution is -1.95. The number of nitrogens with zero attached hydrogens (tertiary/aromatic N) is 2. The number of aromatic nitrogens is 1. The van der Waals surface area contributed by atoms with Gasteiger partial charge in [0, 0.05) is 16.0 Å². The summed E-state index contributed by atoms with van der Waals surface area (Å²) in [5.41, 5.74) is 5.80. The van der Waals surface area contributed by atoms with Crippen LogP contribution in [0.5, 0.6) is 0 Å². The zero-order chi connectivity index (χ0) is 15.5. The van der Waals surface area contributed by atoms with Crippen LogP contribution in [-0.2, 0) is 0 Å². The largest absolute Gasteiger partial charge is 0.261 e. The molecule has 2 aromatic carbocycles. The number of aryl methyl sites for hydroxylation is 1. The van der Waals surface area contributed by atoms with Crippen LogP contribution in [0.2, 0.25) is 10.0 Å². The first-order valence-electron chi connectivity index (χ1n) is 6.74. The number of anilines is 1. The number of fused-ring (bicyclic) bond motifs is 1. The SMILES string of the molecule is Cc1cc(NN=Cc2ccc(Cl)cc2Cl)nc2ccccc12. The van der Waals surface area contributed by atoms with Crippen molar-refractivity contribution in [2.45, 2.75) is 6.92 Å². The molecule has 0 unspecified atom stereocenters. The normalized spacial score (nSPS) is 11.2. The first-order valence-corrected chi connectivity index (χ1v) is 7.49. The van der Waals surface area contributed by atoms with Crippen molar-refractivity contribution >= 4 is 46.1 Å². The maximum Gasteiger partial charge on any atom is 0.147 e. The summed E-state index contributed by atoms with van der Waals surface area (Å²) in [7, 11) is 0. The Balaban J connectivity index is 1.83. The van der Waals surface area contributed by atoms with Gasteiger partial charge in [-0.05, 0) is 36.8 Å². The van der Waals surface area contributed by atoms with Gasteiger partial charge in [-0.1, -0.05) is 47.5 Å². The van der Waals surface area contributed by atoms with Crippen LogP contribution in [0, 0.1) is 6.92 Å². The van der Waals surface area contributed by atoms with Gasteiger partial charge in [0.2, 0.25) is 0 Å². The summed E-state index contributed by atoms with van der Waals surface area (Å²) in [4.78, 5) is 4.52. The van der Waals surface area contributed by atoms with Crippen LogP contribution in [0.1, 0.15) is 11.1 Å². The van der Waals surface area contributed by atoms with Crippen LogP contribution in [0.25, 0.3) is 10.9 Å². The maximum absolute atomic E-state index is 6.10. The summed E-state index contributed by atoms with van der Waals surface area (Å²) >= 11 is 12.0. The van der Waals surface area contributed by atoms with Gasteiger partial charge in [0.25, 0.3) is 0 Å². The van der Waals surface area contributed by atoms with Gasteiger partial charge >= 0.3 is 0 Å². The quantitative estimate of drug-likeness (QED) is 0.523. The smallest absolute Gasteiger partial charge is 0.147 e. The predicted octanol–water partition coefficient (Wildman–Crippen LogP) is 5.30. The number of hydrogen-bond donors (Lipinski definition) is 1. The zero-order valence-electron chi connectivity index (χ0n) is 11.8. The topological polar surface area (TPSA) is 37.3 Å². The van der Waals surface area contributed by atoms with Crippen molar-refractivity contribution in [2.75, 3.05) is 5.43 Å². The molecular weight excluding hydrogens is 317 g/mol. The monoisotopic (exact) mass is 329 g/mol. The second-order valence-corrected chi connectivity index (χ2v) is 5.72. The molecule has 1 heterocycles. The minimum atomic E-state index is 0.556. The molecule has 0 aliphatic carbocycles. The molecule has 0 aliphatic rings. The molecule has 5 heteroatoms. The molecule has 0 amide bonds. The van der Waals surface area contributed by atoms with E-state index in [1.165, 1.54) is 0 Å². The fourth-order valence-corrected chi connectivity index (χ4v) is 2.64. The third-order valence-electron chi connectivity index (χ3n) is 3.27. The molecule has 0 spiro atoms. The molecule has 22 heavy (non-hydrogen) atoms. The standard InChI is InChI=1S/C17H13Cl2N3/c1-11-8-17(21-16-5-3-2-4-14(11)16)22-20-10-12-6-7-13(18)9-15(12)19/h2-10H,1H3,(H,21,22). The van der Waals surface area contributed by atoms with E-state index in [4.69, 9.17) is 23.2 Å². The molecule has 3 aromatic rings. The molecule has 110 valence electrons. The lowest BCUT2D eigenvalue weighted by atomic mass is 10.1. The van der Waals surface area contributed by atoms with Gasteiger partial charge in [-0.3, -0.25) is 5.43 Å². The Bertz CT molecular complexity index is 860. The van der Waals surface area contributed by atoms with E-state index < -0.39 is 0 Å². The van der Waals surface area contributed by atoms with E-state index in [0.29, 0.717) is 15.9 Å². The van der Waals surface area contributed by atoms with Crippen molar-refractivity contribution in [1.82, 2.24) is 4.98 Å². The Kier molecular flexibility index (Phi) is 4.27. The van der Waals surface area contributed by atoms with Crippen LogP contribution in [0.4, 0.5) is 5.82 Å². The molecular formula is C17H13Cl2N3. The molecule has 3 nitrogen and oxygen atoms in total. The molecule has 3 rings (SSSR count). The van der Waals surface area contributed by atoms with Gasteiger partial charge in [0.1, 0.15) is 5.82 Å². The summed E-state index contributed by atoms with van der Waals surface area (Å²) in [5, 5.41) is 6.48. The minimum Gasteiger partial charge on any atom is -0.261 e. The molecule has 0 aliphatic heterocycles. The molecule has 0 atom stereocenters.